The average Bonchev–Trinajstić information content (AvgIpc) is 3.53. The molecule has 1 amide bonds. The second kappa shape index (κ2) is 12.2. The molecule has 2 N–H and O–H groups in total. The quantitative estimate of drug-likeness (QED) is 0.214. The zero-order valence-corrected chi connectivity index (χ0v) is 22.2. The molecule has 0 atom stereocenters. The van der Waals surface area contributed by atoms with Gasteiger partial charge in [0.2, 0.25) is 5.95 Å². The Morgan fingerprint density at radius 1 is 1.10 bits per heavy atom. The first kappa shape index (κ1) is 27.3. The van der Waals surface area contributed by atoms with Gasteiger partial charge in [0.25, 0.3) is 0 Å². The molecule has 14 nitrogen and oxygen atoms in total. The maximum Gasteiger partial charge on any atom is 0.407 e. The van der Waals surface area contributed by atoms with Gasteiger partial charge in [-0.25, -0.2) is 9.78 Å². The number of anilines is 2. The molecule has 3 aromatic heterocycles. The van der Waals surface area contributed by atoms with Crippen molar-refractivity contribution in [2.24, 2.45) is 0 Å². The Bertz CT molecular complexity index is 1410. The smallest absolute Gasteiger partial charge is 0.407 e. The summed E-state index contributed by atoms with van der Waals surface area (Å²) in [6.45, 7) is 6.73. The van der Waals surface area contributed by atoms with E-state index >= 15 is 0 Å². The molecule has 0 aliphatic rings. The Balaban J connectivity index is 1.31. The highest BCUT2D eigenvalue weighted by molar-refractivity contribution is 5.73. The van der Waals surface area contributed by atoms with Crippen molar-refractivity contribution in [1.29, 1.82) is 0 Å². The summed E-state index contributed by atoms with van der Waals surface area (Å²) in [4.78, 5) is 31.9. The number of aromatic nitrogens is 7. The Hall–Kier alpha value is -4.75. The predicted octanol–water partition coefficient (Wildman–Crippen LogP) is 3.01. The van der Waals surface area contributed by atoms with E-state index in [4.69, 9.17) is 9.47 Å². The number of fused-ring (bicyclic) bond motifs is 1. The summed E-state index contributed by atoms with van der Waals surface area (Å²) < 4.78 is 18.8. The van der Waals surface area contributed by atoms with Crippen LogP contribution in [0.2, 0.25) is 0 Å². The van der Waals surface area contributed by atoms with Crippen molar-refractivity contribution in [2.75, 3.05) is 25.6 Å². The number of hydrogen-bond donors (Lipinski definition) is 2. The number of methoxy groups -OCH3 is 1. The molecule has 14 heteroatoms. The van der Waals surface area contributed by atoms with Crippen LogP contribution in [0.4, 0.5) is 16.4 Å². The second-order valence-corrected chi connectivity index (χ2v) is 9.47. The van der Waals surface area contributed by atoms with Gasteiger partial charge in [-0.2, -0.15) is 14.8 Å². The number of alkyl carbamates (subject to hydrolysis) is 1. The summed E-state index contributed by atoms with van der Waals surface area (Å²) in [6, 6.07) is 7.36. The van der Waals surface area contributed by atoms with Crippen molar-refractivity contribution in [3.63, 3.8) is 0 Å². The van der Waals surface area contributed by atoms with Gasteiger partial charge in [-0.15, -0.1) is 5.10 Å². The van der Waals surface area contributed by atoms with Crippen LogP contribution in [0.1, 0.15) is 33.6 Å². The number of hydrogen-bond acceptors (Lipinski definition) is 11. The number of amides is 1. The van der Waals surface area contributed by atoms with Gasteiger partial charge in [0.1, 0.15) is 17.0 Å². The third-order valence-corrected chi connectivity index (χ3v) is 5.20. The summed E-state index contributed by atoms with van der Waals surface area (Å²) in [6.07, 6.45) is 5.35. The van der Waals surface area contributed by atoms with Gasteiger partial charge in [-0.1, -0.05) is 5.21 Å². The van der Waals surface area contributed by atoms with Crippen LogP contribution in [0, 0.1) is 0 Å². The van der Waals surface area contributed by atoms with E-state index in [1.165, 1.54) is 7.11 Å². The minimum Gasteiger partial charge on any atom is -0.494 e. The molecule has 0 aliphatic heterocycles. The van der Waals surface area contributed by atoms with E-state index in [-0.39, 0.29) is 12.4 Å². The molecule has 0 bridgehead atoms. The van der Waals surface area contributed by atoms with Crippen LogP contribution in [-0.4, -0.2) is 72.7 Å². The molecule has 0 saturated heterocycles. The highest BCUT2D eigenvalue weighted by Crippen LogP contribution is 2.20. The number of nitrogens with zero attached hydrogens (tertiary/aromatic N) is 7. The monoisotopic (exact) mass is 537 g/mol. The lowest BCUT2D eigenvalue weighted by Crippen LogP contribution is -2.33. The second-order valence-electron chi connectivity index (χ2n) is 9.47. The predicted molar refractivity (Wildman–Crippen MR) is 141 cm³/mol. The fourth-order valence-corrected chi connectivity index (χ4v) is 3.38. The largest absolute Gasteiger partial charge is 0.494 e. The lowest BCUT2D eigenvalue weighted by atomic mass is 10.2. The van der Waals surface area contributed by atoms with Crippen molar-refractivity contribution in [3.8, 4) is 11.4 Å². The number of nitrogens with one attached hydrogen (secondary N) is 2. The van der Waals surface area contributed by atoms with Gasteiger partial charge in [-0.3, -0.25) is 9.48 Å². The number of esters is 1. The van der Waals surface area contributed by atoms with E-state index < -0.39 is 11.7 Å². The third kappa shape index (κ3) is 7.87. The minimum absolute atomic E-state index is 0.209. The summed E-state index contributed by atoms with van der Waals surface area (Å²) in [5, 5.41) is 18.4. The number of carbonyl (C=O) groups is 2. The van der Waals surface area contributed by atoms with E-state index in [0.29, 0.717) is 54.7 Å². The first-order valence-electron chi connectivity index (χ1n) is 12.3. The summed E-state index contributed by atoms with van der Waals surface area (Å²) >= 11 is 0. The SMILES string of the molecule is COC(=O)CCn1cc(-n2nnc3cnc(Nc4ccc(OCCCNC(=O)OC(C)(C)C)cc4)nc32)cn1. The number of benzene rings is 1. The van der Waals surface area contributed by atoms with E-state index in [9.17, 15) is 9.59 Å². The molecule has 0 aliphatic carbocycles. The average molecular weight is 538 g/mol. The number of rotatable bonds is 11. The maximum atomic E-state index is 11.7. The van der Waals surface area contributed by atoms with Gasteiger partial charge in [0.05, 0.1) is 45.3 Å². The lowest BCUT2D eigenvalue weighted by Gasteiger charge is -2.19. The van der Waals surface area contributed by atoms with Crippen molar-refractivity contribution in [2.45, 2.75) is 45.8 Å². The van der Waals surface area contributed by atoms with Gasteiger partial charge >= 0.3 is 12.1 Å². The fourth-order valence-electron chi connectivity index (χ4n) is 3.38. The first-order valence-corrected chi connectivity index (χ1v) is 12.3. The molecular weight excluding hydrogens is 506 g/mol. The molecule has 0 fully saturated rings. The molecule has 4 aromatic rings. The van der Waals surface area contributed by atoms with Crippen LogP contribution in [0.3, 0.4) is 0 Å². The normalized spacial score (nSPS) is 11.3. The van der Waals surface area contributed by atoms with Gasteiger partial charge in [0.15, 0.2) is 11.2 Å². The maximum absolute atomic E-state index is 11.7. The number of ether oxygens (including phenoxy) is 3. The van der Waals surface area contributed by atoms with Crippen molar-refractivity contribution in [1.82, 2.24) is 40.1 Å². The molecule has 1 aromatic carbocycles. The number of carbonyl (C=O) groups excluding carboxylic acids is 2. The van der Waals surface area contributed by atoms with Crippen LogP contribution in [0.25, 0.3) is 16.9 Å². The summed E-state index contributed by atoms with van der Waals surface area (Å²) in [5.74, 6) is 0.751. The molecule has 0 unspecified atom stereocenters. The van der Waals surface area contributed by atoms with Crippen LogP contribution in [0.15, 0.2) is 42.9 Å². The van der Waals surface area contributed by atoms with Crippen molar-refractivity contribution >= 4 is 34.9 Å². The fraction of sp³-hybridized carbons (Fsp3) is 0.400. The molecule has 0 spiro atoms. The molecule has 0 saturated carbocycles. The van der Waals surface area contributed by atoms with Crippen molar-refractivity contribution in [3.05, 3.63) is 42.9 Å². The molecule has 3 heterocycles. The molecular formula is C25H31N9O5. The molecule has 4 rings (SSSR count). The summed E-state index contributed by atoms with van der Waals surface area (Å²) in [5.41, 5.74) is 1.91. The Labute approximate surface area is 224 Å². The topological polar surface area (TPSA) is 160 Å². The molecule has 206 valence electrons. The van der Waals surface area contributed by atoms with Gasteiger partial charge in [0, 0.05) is 12.2 Å². The minimum atomic E-state index is -0.525. The third-order valence-electron chi connectivity index (χ3n) is 5.20. The Kier molecular flexibility index (Phi) is 8.53. The molecule has 39 heavy (non-hydrogen) atoms. The first-order chi connectivity index (χ1) is 18.7. The highest BCUT2D eigenvalue weighted by Gasteiger charge is 2.15. The molecule has 0 radical (unpaired) electrons. The van der Waals surface area contributed by atoms with E-state index in [1.807, 2.05) is 45.0 Å². The van der Waals surface area contributed by atoms with E-state index in [0.717, 1.165) is 5.69 Å². The van der Waals surface area contributed by atoms with Gasteiger partial charge in [-0.05, 0) is 51.5 Å². The highest BCUT2D eigenvalue weighted by atomic mass is 16.6. The van der Waals surface area contributed by atoms with Gasteiger partial charge < -0.3 is 24.8 Å². The standard InChI is InChI=1S/C25H31N9O5/c1-25(2,3)39-24(36)26-11-5-13-38-19-8-6-17(7-9-19)29-23-27-15-20-22(30-23)34(32-31-20)18-14-28-33(16-18)12-10-21(35)37-4/h6-9,14-16H,5,10-13H2,1-4H3,(H,26,36)(H,27,29,30). The Morgan fingerprint density at radius 2 is 1.90 bits per heavy atom. The van der Waals surface area contributed by atoms with E-state index in [2.05, 4.69) is 40.7 Å². The lowest BCUT2D eigenvalue weighted by molar-refractivity contribution is -0.140. The van der Waals surface area contributed by atoms with Crippen LogP contribution in [-0.2, 0) is 20.8 Å². The van der Waals surface area contributed by atoms with Crippen molar-refractivity contribution < 1.29 is 23.8 Å². The Morgan fingerprint density at radius 3 is 2.64 bits per heavy atom. The van der Waals surface area contributed by atoms with E-state index in [1.54, 1.807) is 28.0 Å². The zero-order chi connectivity index (χ0) is 27.8. The summed E-state index contributed by atoms with van der Waals surface area (Å²) in [7, 11) is 1.35. The zero-order valence-electron chi connectivity index (χ0n) is 22.2. The van der Waals surface area contributed by atoms with Crippen LogP contribution in [0.5, 0.6) is 5.75 Å². The van der Waals surface area contributed by atoms with Crippen LogP contribution < -0.4 is 15.4 Å². The number of aryl methyl sites for hydroxylation is 1. The van der Waals surface area contributed by atoms with Crippen LogP contribution >= 0.6 is 0 Å².